The van der Waals surface area contributed by atoms with Crippen LogP contribution in [0, 0.1) is 0 Å². The monoisotopic (exact) mass is 383 g/mol. The van der Waals surface area contributed by atoms with Crippen LogP contribution in [0.1, 0.15) is 15.9 Å². The SMILES string of the molecule is O=C([O-])c1cc(Br)c(OCc2ccccc2)c(Br)c1. The minimum Gasteiger partial charge on any atom is -0.545 e. The smallest absolute Gasteiger partial charge is 0.148 e. The molecular weight excluding hydrogens is 376 g/mol. The van der Waals surface area contributed by atoms with Gasteiger partial charge in [0.25, 0.3) is 0 Å². The van der Waals surface area contributed by atoms with Gasteiger partial charge in [0.1, 0.15) is 12.4 Å². The van der Waals surface area contributed by atoms with Crippen LogP contribution < -0.4 is 9.84 Å². The Labute approximate surface area is 127 Å². The van der Waals surface area contributed by atoms with Gasteiger partial charge < -0.3 is 14.6 Å². The van der Waals surface area contributed by atoms with E-state index in [0.717, 1.165) is 5.56 Å². The first-order valence-corrected chi connectivity index (χ1v) is 7.03. The summed E-state index contributed by atoms with van der Waals surface area (Å²) in [5.41, 5.74) is 1.12. The first kappa shape index (κ1) is 14.1. The van der Waals surface area contributed by atoms with Crippen molar-refractivity contribution in [3.05, 3.63) is 62.5 Å². The molecule has 0 aliphatic carbocycles. The van der Waals surface area contributed by atoms with Crippen LogP contribution >= 0.6 is 31.9 Å². The molecule has 3 nitrogen and oxygen atoms in total. The number of halogens is 2. The molecule has 19 heavy (non-hydrogen) atoms. The van der Waals surface area contributed by atoms with Gasteiger partial charge in [-0.2, -0.15) is 0 Å². The molecule has 2 rings (SSSR count). The highest BCUT2D eigenvalue weighted by molar-refractivity contribution is 9.11. The molecule has 0 heterocycles. The maximum absolute atomic E-state index is 10.8. The second-order valence-corrected chi connectivity index (χ2v) is 5.54. The standard InChI is InChI=1S/C14H10Br2O3/c15-11-6-10(14(17)18)7-12(16)13(11)19-8-9-4-2-1-3-5-9/h1-7H,8H2,(H,17,18)/p-1. The van der Waals surface area contributed by atoms with Crippen LogP contribution in [-0.2, 0) is 6.61 Å². The van der Waals surface area contributed by atoms with Crippen molar-refractivity contribution in [3.8, 4) is 5.75 Å². The lowest BCUT2D eigenvalue weighted by Gasteiger charge is -2.12. The largest absolute Gasteiger partial charge is 0.545 e. The number of aromatic carboxylic acids is 1. The molecule has 0 atom stereocenters. The van der Waals surface area contributed by atoms with Crippen LogP contribution in [0.2, 0.25) is 0 Å². The summed E-state index contributed by atoms with van der Waals surface area (Å²) in [4.78, 5) is 10.8. The Kier molecular flexibility index (Phi) is 4.61. The fourth-order valence-electron chi connectivity index (χ4n) is 1.55. The van der Waals surface area contributed by atoms with Gasteiger partial charge in [-0.25, -0.2) is 0 Å². The fourth-order valence-corrected chi connectivity index (χ4v) is 2.96. The number of carbonyl (C=O) groups excluding carboxylic acids is 1. The quantitative estimate of drug-likeness (QED) is 0.813. The number of benzene rings is 2. The van der Waals surface area contributed by atoms with Gasteiger partial charge in [0, 0.05) is 0 Å². The molecule has 5 heteroatoms. The zero-order chi connectivity index (χ0) is 13.8. The van der Waals surface area contributed by atoms with E-state index in [-0.39, 0.29) is 5.56 Å². The Balaban J connectivity index is 2.19. The first-order valence-electron chi connectivity index (χ1n) is 5.45. The Morgan fingerprint density at radius 1 is 1.11 bits per heavy atom. The minimum atomic E-state index is -1.23. The van der Waals surface area contributed by atoms with E-state index in [1.54, 1.807) is 0 Å². The molecule has 0 saturated carbocycles. The molecule has 0 amide bonds. The maximum Gasteiger partial charge on any atom is 0.148 e. The van der Waals surface area contributed by atoms with Crippen molar-refractivity contribution in [2.45, 2.75) is 6.61 Å². The molecule has 98 valence electrons. The minimum absolute atomic E-state index is 0.0887. The number of rotatable bonds is 4. The summed E-state index contributed by atoms with van der Waals surface area (Å²) in [6.45, 7) is 0.405. The van der Waals surface area contributed by atoms with E-state index in [1.165, 1.54) is 12.1 Å². The lowest BCUT2D eigenvalue weighted by molar-refractivity contribution is -0.255. The molecule has 2 aromatic carbocycles. The number of hydrogen-bond donors (Lipinski definition) is 0. The second kappa shape index (κ2) is 6.21. The average Bonchev–Trinajstić information content (AvgIpc) is 2.38. The van der Waals surface area contributed by atoms with Crippen molar-refractivity contribution in [2.24, 2.45) is 0 Å². The molecule has 0 bridgehead atoms. The molecule has 0 fully saturated rings. The predicted octanol–water partition coefficient (Wildman–Crippen LogP) is 3.15. The summed E-state index contributed by atoms with van der Waals surface area (Å²) in [5, 5.41) is 10.8. The highest BCUT2D eigenvalue weighted by atomic mass is 79.9. The van der Waals surface area contributed by atoms with Crippen molar-refractivity contribution in [1.29, 1.82) is 0 Å². The number of carbonyl (C=O) groups is 1. The Hall–Kier alpha value is -1.33. The van der Waals surface area contributed by atoms with Gasteiger partial charge in [-0.1, -0.05) is 30.3 Å². The Morgan fingerprint density at radius 3 is 2.21 bits per heavy atom. The highest BCUT2D eigenvalue weighted by Gasteiger charge is 2.09. The molecule has 0 unspecified atom stereocenters. The van der Waals surface area contributed by atoms with E-state index in [2.05, 4.69) is 31.9 Å². The molecule has 0 N–H and O–H groups in total. The molecule has 0 aromatic heterocycles. The first-order chi connectivity index (χ1) is 9.08. The molecule has 0 aliphatic heterocycles. The molecule has 0 saturated heterocycles. The Morgan fingerprint density at radius 2 is 1.68 bits per heavy atom. The lowest BCUT2D eigenvalue weighted by atomic mass is 10.2. The van der Waals surface area contributed by atoms with E-state index in [4.69, 9.17) is 4.74 Å². The summed E-state index contributed by atoms with van der Waals surface area (Å²) in [5.74, 6) is -0.662. The second-order valence-electron chi connectivity index (χ2n) is 3.83. The van der Waals surface area contributed by atoms with Crippen molar-refractivity contribution in [2.75, 3.05) is 0 Å². The third-order valence-electron chi connectivity index (χ3n) is 2.46. The molecular formula is C14H9Br2O3-. The number of ether oxygens (including phenoxy) is 1. The normalized spacial score (nSPS) is 10.2. The number of carboxylic acids is 1. The summed E-state index contributed by atoms with van der Waals surface area (Å²) >= 11 is 6.59. The van der Waals surface area contributed by atoms with Crippen molar-refractivity contribution >= 4 is 37.8 Å². The predicted molar refractivity (Wildman–Crippen MR) is 76.9 cm³/mol. The van der Waals surface area contributed by atoms with Gasteiger partial charge in [-0.05, 0) is 55.1 Å². The Bertz CT molecular complexity index is 574. The summed E-state index contributed by atoms with van der Waals surface area (Å²) < 4.78 is 6.81. The van der Waals surface area contributed by atoms with E-state index in [1.807, 2.05) is 30.3 Å². The van der Waals surface area contributed by atoms with Gasteiger partial charge in [0.05, 0.1) is 14.9 Å². The lowest BCUT2D eigenvalue weighted by Crippen LogP contribution is -2.22. The molecule has 0 aliphatic rings. The molecule has 0 radical (unpaired) electrons. The van der Waals surface area contributed by atoms with E-state index < -0.39 is 5.97 Å². The van der Waals surface area contributed by atoms with E-state index in [0.29, 0.717) is 21.3 Å². The van der Waals surface area contributed by atoms with Crippen LogP contribution in [0.15, 0.2) is 51.4 Å². The fraction of sp³-hybridized carbons (Fsp3) is 0.0714. The zero-order valence-corrected chi connectivity index (χ0v) is 12.9. The van der Waals surface area contributed by atoms with E-state index in [9.17, 15) is 9.90 Å². The number of carboxylic acid groups (broad SMARTS) is 1. The average molecular weight is 385 g/mol. The van der Waals surface area contributed by atoms with Crippen LogP contribution in [0.5, 0.6) is 5.75 Å². The summed E-state index contributed by atoms with van der Waals surface area (Å²) in [7, 11) is 0. The van der Waals surface area contributed by atoms with Crippen LogP contribution in [-0.4, -0.2) is 5.97 Å². The summed E-state index contributed by atoms with van der Waals surface area (Å²) in [6.07, 6.45) is 0. The van der Waals surface area contributed by atoms with Crippen LogP contribution in [0.4, 0.5) is 0 Å². The van der Waals surface area contributed by atoms with Crippen molar-refractivity contribution in [1.82, 2.24) is 0 Å². The highest BCUT2D eigenvalue weighted by Crippen LogP contribution is 2.35. The van der Waals surface area contributed by atoms with Gasteiger partial charge in [0.15, 0.2) is 0 Å². The van der Waals surface area contributed by atoms with Gasteiger partial charge >= 0.3 is 0 Å². The maximum atomic E-state index is 10.8. The topological polar surface area (TPSA) is 49.4 Å². The van der Waals surface area contributed by atoms with Gasteiger partial charge in [-0.3, -0.25) is 0 Å². The third-order valence-corrected chi connectivity index (χ3v) is 3.64. The van der Waals surface area contributed by atoms with Crippen LogP contribution in [0.25, 0.3) is 0 Å². The molecule has 0 spiro atoms. The molecule has 2 aromatic rings. The van der Waals surface area contributed by atoms with E-state index >= 15 is 0 Å². The summed E-state index contributed by atoms with van der Waals surface area (Å²) in [6, 6.07) is 12.6. The van der Waals surface area contributed by atoms with Gasteiger partial charge in [0.2, 0.25) is 0 Å². The van der Waals surface area contributed by atoms with Crippen LogP contribution in [0.3, 0.4) is 0 Å². The zero-order valence-electron chi connectivity index (χ0n) is 9.73. The van der Waals surface area contributed by atoms with Crippen molar-refractivity contribution < 1.29 is 14.6 Å². The number of hydrogen-bond acceptors (Lipinski definition) is 3. The van der Waals surface area contributed by atoms with Crippen molar-refractivity contribution in [3.63, 3.8) is 0 Å². The van der Waals surface area contributed by atoms with Gasteiger partial charge in [-0.15, -0.1) is 0 Å². The third kappa shape index (κ3) is 3.58.